The van der Waals surface area contributed by atoms with E-state index >= 15 is 0 Å². The lowest BCUT2D eigenvalue weighted by molar-refractivity contribution is -0.122. The Morgan fingerprint density at radius 3 is 2.84 bits per heavy atom. The summed E-state index contributed by atoms with van der Waals surface area (Å²) in [5, 5.41) is 4.41. The Kier molecular flexibility index (Phi) is 4.37. The third-order valence-corrected chi connectivity index (χ3v) is 6.07. The van der Waals surface area contributed by atoms with Gasteiger partial charge in [-0.2, -0.15) is 11.8 Å². The van der Waals surface area contributed by atoms with Crippen molar-refractivity contribution in [3.63, 3.8) is 0 Å². The van der Waals surface area contributed by atoms with Crippen LogP contribution in [-0.2, 0) is 4.79 Å². The predicted molar refractivity (Wildman–Crippen MR) is 99.6 cm³/mol. The molecule has 1 aliphatic heterocycles. The maximum atomic E-state index is 12.9. The van der Waals surface area contributed by atoms with Crippen LogP contribution in [0.15, 0.2) is 36.5 Å². The average Bonchev–Trinajstić information content (AvgIpc) is 3.42. The number of thioether (sulfide) groups is 1. The lowest BCUT2D eigenvalue weighted by atomic mass is 10.1. The highest BCUT2D eigenvalue weighted by Crippen LogP contribution is 2.30. The summed E-state index contributed by atoms with van der Waals surface area (Å²) in [5.74, 6) is 0.349. The summed E-state index contributed by atoms with van der Waals surface area (Å²) in [4.78, 5) is 31.2. The predicted octanol–water partition coefficient (Wildman–Crippen LogP) is 2.32. The molecule has 1 aliphatic carbocycles. The van der Waals surface area contributed by atoms with Crippen molar-refractivity contribution in [3.05, 3.63) is 42.1 Å². The van der Waals surface area contributed by atoms with Crippen LogP contribution in [0.3, 0.4) is 0 Å². The molecule has 1 aromatic heterocycles. The van der Waals surface area contributed by atoms with Crippen LogP contribution in [0.1, 0.15) is 23.2 Å². The van der Waals surface area contributed by atoms with E-state index in [9.17, 15) is 9.59 Å². The summed E-state index contributed by atoms with van der Waals surface area (Å²) in [6, 6.07) is 9.55. The van der Waals surface area contributed by atoms with Crippen molar-refractivity contribution in [3.8, 4) is 0 Å². The first-order chi connectivity index (χ1) is 12.2. The topological polar surface area (TPSA) is 62.3 Å². The van der Waals surface area contributed by atoms with Crippen molar-refractivity contribution in [1.29, 1.82) is 0 Å². The van der Waals surface area contributed by atoms with Gasteiger partial charge in [0.1, 0.15) is 0 Å². The van der Waals surface area contributed by atoms with Crippen LogP contribution in [0, 0.1) is 5.92 Å². The fraction of sp³-hybridized carbons (Fsp3) is 0.421. The number of nitrogens with zero attached hydrogens (tertiary/aromatic N) is 2. The maximum Gasteiger partial charge on any atom is 0.254 e. The Hall–Kier alpha value is -2.08. The molecule has 1 saturated heterocycles. The average molecular weight is 355 g/mol. The number of aromatic nitrogens is 1. The molecule has 5 nitrogen and oxygen atoms in total. The van der Waals surface area contributed by atoms with E-state index in [-0.39, 0.29) is 29.0 Å². The third-order valence-electron chi connectivity index (χ3n) is 4.98. The van der Waals surface area contributed by atoms with Crippen molar-refractivity contribution < 1.29 is 9.59 Å². The number of nitrogens with one attached hydrogen (secondary N) is 1. The zero-order valence-electron chi connectivity index (χ0n) is 14.1. The zero-order chi connectivity index (χ0) is 17.4. The van der Waals surface area contributed by atoms with Crippen LogP contribution in [0.5, 0.6) is 0 Å². The van der Waals surface area contributed by atoms with Gasteiger partial charge in [0.05, 0.1) is 11.6 Å². The molecule has 25 heavy (non-hydrogen) atoms. The second-order valence-corrected chi connectivity index (χ2v) is 7.86. The van der Waals surface area contributed by atoms with Gasteiger partial charge in [-0.1, -0.05) is 12.1 Å². The number of hydrogen-bond donors (Lipinski definition) is 1. The molecular weight excluding hydrogens is 334 g/mol. The van der Waals surface area contributed by atoms with Crippen LogP contribution in [0.4, 0.5) is 0 Å². The number of benzene rings is 1. The lowest BCUT2D eigenvalue weighted by Crippen LogP contribution is -2.42. The van der Waals surface area contributed by atoms with E-state index in [2.05, 4.69) is 10.3 Å². The van der Waals surface area contributed by atoms with E-state index < -0.39 is 0 Å². The molecule has 0 radical (unpaired) electrons. The number of rotatable bonds is 4. The highest BCUT2D eigenvalue weighted by atomic mass is 32.2. The molecule has 2 amide bonds. The summed E-state index contributed by atoms with van der Waals surface area (Å²) in [7, 11) is 0. The van der Waals surface area contributed by atoms with Gasteiger partial charge in [-0.3, -0.25) is 14.6 Å². The largest absolute Gasteiger partial charge is 0.350 e. The fourth-order valence-corrected chi connectivity index (χ4v) is 4.16. The van der Waals surface area contributed by atoms with Crippen LogP contribution in [-0.4, -0.2) is 52.3 Å². The second kappa shape index (κ2) is 6.67. The first-order valence-corrected chi connectivity index (χ1v) is 9.92. The van der Waals surface area contributed by atoms with Crippen molar-refractivity contribution in [2.45, 2.75) is 24.1 Å². The molecule has 1 aromatic carbocycles. The smallest absolute Gasteiger partial charge is 0.254 e. The molecule has 2 heterocycles. The molecule has 6 heteroatoms. The minimum atomic E-state index is 0.00905. The van der Waals surface area contributed by atoms with Crippen LogP contribution < -0.4 is 5.32 Å². The number of carbonyl (C=O) groups excluding carboxylic acids is 2. The number of hydrogen-bond acceptors (Lipinski definition) is 4. The molecule has 2 fully saturated rings. The summed E-state index contributed by atoms with van der Waals surface area (Å²) in [5.41, 5.74) is 1.48. The first kappa shape index (κ1) is 16.4. The molecule has 0 bridgehead atoms. The highest BCUT2D eigenvalue weighted by molar-refractivity contribution is 7.99. The molecule has 2 aliphatic rings. The zero-order valence-corrected chi connectivity index (χ0v) is 15.0. The van der Waals surface area contributed by atoms with Crippen LogP contribution in [0.25, 0.3) is 10.9 Å². The Balaban J connectivity index is 1.49. The van der Waals surface area contributed by atoms with E-state index in [1.165, 1.54) is 0 Å². The third kappa shape index (κ3) is 3.35. The minimum absolute atomic E-state index is 0.00905. The monoisotopic (exact) mass is 355 g/mol. The summed E-state index contributed by atoms with van der Waals surface area (Å²) in [6.07, 6.45) is 5.76. The number of amides is 2. The van der Waals surface area contributed by atoms with Gasteiger partial charge in [-0.25, -0.2) is 0 Å². The Labute approximate surface area is 151 Å². The fourth-order valence-electron chi connectivity index (χ4n) is 3.35. The van der Waals surface area contributed by atoms with Crippen molar-refractivity contribution >= 4 is 34.5 Å². The first-order valence-electron chi connectivity index (χ1n) is 8.63. The lowest BCUT2D eigenvalue weighted by Gasteiger charge is -2.18. The Bertz CT molecular complexity index is 821. The van der Waals surface area contributed by atoms with Gasteiger partial charge in [0.25, 0.3) is 5.91 Å². The second-order valence-electron chi connectivity index (χ2n) is 6.78. The van der Waals surface area contributed by atoms with Gasteiger partial charge in [0, 0.05) is 41.4 Å². The Morgan fingerprint density at radius 1 is 1.24 bits per heavy atom. The van der Waals surface area contributed by atoms with E-state index in [4.69, 9.17) is 0 Å². The Morgan fingerprint density at radius 2 is 2.08 bits per heavy atom. The highest BCUT2D eigenvalue weighted by Gasteiger charge is 2.38. The van der Waals surface area contributed by atoms with Gasteiger partial charge >= 0.3 is 0 Å². The summed E-state index contributed by atoms with van der Waals surface area (Å²) in [6.45, 7) is 1.24. The number of likely N-dealkylation sites (tertiary alicyclic amines) is 1. The SMILES string of the molecule is CS[C@@H]1CN(C(=O)c2ccc3cccnc3c2)C[C@H]1NC(=O)C1CC1. The molecule has 2 aromatic rings. The number of pyridine rings is 1. The molecule has 1 saturated carbocycles. The van der Waals surface area contributed by atoms with E-state index in [1.807, 2.05) is 41.5 Å². The van der Waals surface area contributed by atoms with Gasteiger partial charge in [-0.05, 0) is 37.3 Å². The molecule has 4 rings (SSSR count). The maximum absolute atomic E-state index is 12.9. The van der Waals surface area contributed by atoms with Crippen molar-refractivity contribution in [1.82, 2.24) is 15.2 Å². The minimum Gasteiger partial charge on any atom is -0.350 e. The molecular formula is C19H21N3O2S. The molecule has 0 spiro atoms. The van der Waals surface area contributed by atoms with Crippen LogP contribution in [0.2, 0.25) is 0 Å². The molecule has 1 N–H and O–H groups in total. The van der Waals surface area contributed by atoms with Gasteiger partial charge < -0.3 is 10.2 Å². The number of carbonyl (C=O) groups is 2. The standard InChI is InChI=1S/C19H21N3O2S/c1-25-17-11-22(10-16(17)21-18(23)13-5-6-13)19(24)14-7-4-12-3-2-8-20-15(12)9-14/h2-4,7-9,13,16-17H,5-6,10-11H2,1H3,(H,21,23)/t16-,17-/m1/s1. The van der Waals surface area contributed by atoms with Gasteiger partial charge in [0.15, 0.2) is 0 Å². The van der Waals surface area contributed by atoms with E-state index in [0.717, 1.165) is 23.7 Å². The van der Waals surface area contributed by atoms with E-state index in [0.29, 0.717) is 18.7 Å². The van der Waals surface area contributed by atoms with Crippen molar-refractivity contribution in [2.75, 3.05) is 19.3 Å². The molecule has 0 unspecified atom stereocenters. The summed E-state index contributed by atoms with van der Waals surface area (Å²) >= 11 is 1.71. The van der Waals surface area contributed by atoms with Crippen molar-refractivity contribution in [2.24, 2.45) is 5.92 Å². The summed E-state index contributed by atoms with van der Waals surface area (Å²) < 4.78 is 0. The quantitative estimate of drug-likeness (QED) is 0.914. The molecule has 130 valence electrons. The van der Waals surface area contributed by atoms with Crippen LogP contribution >= 0.6 is 11.8 Å². The normalized spacial score (nSPS) is 23.0. The van der Waals surface area contributed by atoms with Gasteiger partial charge in [-0.15, -0.1) is 0 Å². The molecule has 2 atom stereocenters. The number of fused-ring (bicyclic) bond motifs is 1. The van der Waals surface area contributed by atoms with E-state index in [1.54, 1.807) is 18.0 Å². The van der Waals surface area contributed by atoms with Gasteiger partial charge in [0.2, 0.25) is 5.91 Å².